The molecule has 2 rings (SSSR count). The predicted octanol–water partition coefficient (Wildman–Crippen LogP) is 1.00. The number of benzene rings is 1. The second kappa shape index (κ2) is 8.28. The van der Waals surface area contributed by atoms with Gasteiger partial charge >= 0.3 is 0 Å². The predicted molar refractivity (Wildman–Crippen MR) is 90.9 cm³/mol. The van der Waals surface area contributed by atoms with E-state index >= 15 is 0 Å². The van der Waals surface area contributed by atoms with Crippen LogP contribution in [0.5, 0.6) is 0 Å². The minimum Gasteiger partial charge on any atom is -0.370 e. The zero-order valence-corrected chi connectivity index (χ0v) is 13.5. The summed E-state index contributed by atoms with van der Waals surface area (Å²) in [4.78, 5) is 8.56. The lowest BCUT2D eigenvalue weighted by Crippen LogP contribution is -2.33. The quantitative estimate of drug-likeness (QED) is 0.582. The Morgan fingerprint density at radius 1 is 1.13 bits per heavy atom. The van der Waals surface area contributed by atoms with Crippen LogP contribution in [-0.2, 0) is 16.3 Å². The second-order valence-electron chi connectivity index (χ2n) is 4.90. The smallest absolute Gasteiger partial charge is 0.188 e. The fourth-order valence-electron chi connectivity index (χ4n) is 1.95. The van der Waals surface area contributed by atoms with Gasteiger partial charge in [-0.2, -0.15) is 0 Å². The van der Waals surface area contributed by atoms with Crippen molar-refractivity contribution in [2.75, 3.05) is 18.8 Å². The molecule has 0 atom stereocenters. The highest BCUT2D eigenvalue weighted by Gasteiger charge is 2.12. The molecule has 0 spiro atoms. The van der Waals surface area contributed by atoms with Crippen LogP contribution in [0.1, 0.15) is 5.69 Å². The number of pyridine rings is 1. The third kappa shape index (κ3) is 5.71. The van der Waals surface area contributed by atoms with Gasteiger partial charge in [-0.25, -0.2) is 8.42 Å². The van der Waals surface area contributed by atoms with E-state index in [2.05, 4.69) is 15.3 Å². The number of aromatic nitrogens is 1. The van der Waals surface area contributed by atoms with E-state index in [0.717, 1.165) is 12.1 Å². The number of rotatable bonds is 7. The fraction of sp³-hybridized carbons (Fsp3) is 0.250. The molecule has 122 valence electrons. The molecule has 0 aliphatic heterocycles. The van der Waals surface area contributed by atoms with Crippen LogP contribution in [0.4, 0.5) is 0 Å². The van der Waals surface area contributed by atoms with Crippen LogP contribution < -0.4 is 11.1 Å². The van der Waals surface area contributed by atoms with Crippen molar-refractivity contribution in [1.29, 1.82) is 0 Å². The average Bonchev–Trinajstić information content (AvgIpc) is 2.56. The molecular weight excluding hydrogens is 312 g/mol. The van der Waals surface area contributed by atoms with Crippen LogP contribution in [0, 0.1) is 0 Å². The van der Waals surface area contributed by atoms with E-state index in [1.54, 1.807) is 36.5 Å². The van der Waals surface area contributed by atoms with Crippen LogP contribution in [-0.4, -0.2) is 38.2 Å². The van der Waals surface area contributed by atoms with Crippen LogP contribution in [0.3, 0.4) is 0 Å². The molecule has 2 aromatic rings. The summed E-state index contributed by atoms with van der Waals surface area (Å²) in [7, 11) is -3.32. The SMILES string of the molecule is NC(=NCCS(=O)(=O)c1ccccc1)NCCc1ccccn1. The van der Waals surface area contributed by atoms with Crippen molar-refractivity contribution in [3.8, 4) is 0 Å². The van der Waals surface area contributed by atoms with Crippen molar-refractivity contribution in [3.63, 3.8) is 0 Å². The van der Waals surface area contributed by atoms with E-state index < -0.39 is 9.84 Å². The molecule has 3 N–H and O–H groups in total. The van der Waals surface area contributed by atoms with Gasteiger partial charge in [0, 0.05) is 24.9 Å². The maximum atomic E-state index is 12.1. The van der Waals surface area contributed by atoms with Crippen molar-refractivity contribution in [3.05, 3.63) is 60.4 Å². The van der Waals surface area contributed by atoms with Gasteiger partial charge < -0.3 is 11.1 Å². The van der Waals surface area contributed by atoms with Crippen molar-refractivity contribution in [1.82, 2.24) is 10.3 Å². The fourth-order valence-corrected chi connectivity index (χ4v) is 3.09. The zero-order valence-electron chi connectivity index (χ0n) is 12.7. The van der Waals surface area contributed by atoms with Crippen LogP contribution in [0.25, 0.3) is 0 Å². The van der Waals surface area contributed by atoms with Gasteiger partial charge in [0.25, 0.3) is 0 Å². The molecule has 0 saturated carbocycles. The van der Waals surface area contributed by atoms with Crippen molar-refractivity contribution < 1.29 is 8.42 Å². The number of sulfone groups is 1. The second-order valence-corrected chi connectivity index (χ2v) is 7.01. The first-order valence-corrected chi connectivity index (χ1v) is 8.95. The van der Waals surface area contributed by atoms with Gasteiger partial charge in [0.05, 0.1) is 17.2 Å². The number of hydrogen-bond donors (Lipinski definition) is 2. The minimum absolute atomic E-state index is 0.0698. The molecule has 1 aromatic carbocycles. The first-order chi connectivity index (χ1) is 11.1. The molecule has 7 heteroatoms. The Bertz CT molecular complexity index is 731. The summed E-state index contributed by atoms with van der Waals surface area (Å²) in [6.07, 6.45) is 2.46. The molecule has 0 unspecified atom stereocenters. The van der Waals surface area contributed by atoms with Crippen molar-refractivity contribution in [2.24, 2.45) is 10.7 Å². The van der Waals surface area contributed by atoms with Crippen LogP contribution in [0.2, 0.25) is 0 Å². The normalized spacial score (nSPS) is 12.1. The Hall–Kier alpha value is -2.41. The molecule has 0 aliphatic rings. The first-order valence-electron chi connectivity index (χ1n) is 7.29. The lowest BCUT2D eigenvalue weighted by Gasteiger charge is -2.06. The Morgan fingerprint density at radius 3 is 2.57 bits per heavy atom. The van der Waals surface area contributed by atoms with Gasteiger partial charge in [-0.15, -0.1) is 0 Å². The molecule has 0 aliphatic carbocycles. The summed E-state index contributed by atoms with van der Waals surface area (Å²) in [5.41, 5.74) is 6.69. The standard InChI is InChI=1S/C16H20N4O2S/c17-16(19-11-9-14-6-4-5-10-18-14)20-12-13-23(21,22)15-7-2-1-3-8-15/h1-8,10H,9,11-13H2,(H3,17,19,20). The molecule has 0 saturated heterocycles. The van der Waals surface area contributed by atoms with Gasteiger partial charge in [0.1, 0.15) is 0 Å². The Morgan fingerprint density at radius 2 is 1.87 bits per heavy atom. The molecule has 0 fully saturated rings. The highest BCUT2D eigenvalue weighted by Crippen LogP contribution is 2.09. The molecule has 0 bridgehead atoms. The maximum absolute atomic E-state index is 12.1. The third-order valence-electron chi connectivity index (χ3n) is 3.16. The highest BCUT2D eigenvalue weighted by molar-refractivity contribution is 7.91. The van der Waals surface area contributed by atoms with Gasteiger partial charge in [-0.3, -0.25) is 9.98 Å². The lowest BCUT2D eigenvalue weighted by atomic mass is 10.3. The van der Waals surface area contributed by atoms with E-state index in [1.807, 2.05) is 18.2 Å². The summed E-state index contributed by atoms with van der Waals surface area (Å²) < 4.78 is 24.1. The number of nitrogens with two attached hydrogens (primary N) is 1. The van der Waals surface area contributed by atoms with Crippen LogP contribution in [0.15, 0.2) is 64.6 Å². The topological polar surface area (TPSA) is 97.4 Å². The van der Waals surface area contributed by atoms with Gasteiger partial charge in [0.15, 0.2) is 15.8 Å². The zero-order chi connectivity index (χ0) is 16.5. The Labute approximate surface area is 136 Å². The lowest BCUT2D eigenvalue weighted by molar-refractivity contribution is 0.596. The van der Waals surface area contributed by atoms with E-state index in [1.165, 1.54) is 0 Å². The van der Waals surface area contributed by atoms with Crippen molar-refractivity contribution in [2.45, 2.75) is 11.3 Å². The molecule has 23 heavy (non-hydrogen) atoms. The van der Waals surface area contributed by atoms with E-state index in [0.29, 0.717) is 11.4 Å². The highest BCUT2D eigenvalue weighted by atomic mass is 32.2. The monoisotopic (exact) mass is 332 g/mol. The number of aliphatic imine (C=N–C) groups is 1. The van der Waals surface area contributed by atoms with E-state index in [4.69, 9.17) is 5.73 Å². The molecule has 0 radical (unpaired) electrons. The molecule has 6 nitrogen and oxygen atoms in total. The Kier molecular flexibility index (Phi) is 6.10. The average molecular weight is 332 g/mol. The molecular formula is C16H20N4O2S. The summed E-state index contributed by atoms with van der Waals surface area (Å²) in [6.45, 7) is 0.720. The van der Waals surface area contributed by atoms with E-state index in [9.17, 15) is 8.42 Å². The minimum atomic E-state index is -3.32. The molecule has 0 amide bonds. The Balaban J connectivity index is 1.76. The van der Waals surface area contributed by atoms with Gasteiger partial charge in [-0.1, -0.05) is 24.3 Å². The largest absolute Gasteiger partial charge is 0.370 e. The summed E-state index contributed by atoms with van der Waals surface area (Å²) >= 11 is 0. The number of hydrogen-bond acceptors (Lipinski definition) is 4. The maximum Gasteiger partial charge on any atom is 0.188 e. The molecule has 1 heterocycles. The molecule has 1 aromatic heterocycles. The summed E-state index contributed by atoms with van der Waals surface area (Å²) in [6, 6.07) is 14.0. The first kappa shape index (κ1) is 17.0. The van der Waals surface area contributed by atoms with Gasteiger partial charge in [-0.05, 0) is 24.3 Å². The number of nitrogens with one attached hydrogen (secondary N) is 1. The van der Waals surface area contributed by atoms with Gasteiger partial charge in [0.2, 0.25) is 0 Å². The number of guanidine groups is 1. The van der Waals surface area contributed by atoms with Crippen molar-refractivity contribution >= 4 is 15.8 Å². The summed E-state index contributed by atoms with van der Waals surface area (Å²) in [5, 5.41) is 2.95. The third-order valence-corrected chi connectivity index (χ3v) is 4.87. The van der Waals surface area contributed by atoms with E-state index in [-0.39, 0.29) is 18.3 Å². The summed E-state index contributed by atoms with van der Waals surface area (Å²) in [5.74, 6) is 0.170. The number of nitrogens with zero attached hydrogens (tertiary/aromatic N) is 2. The van der Waals surface area contributed by atoms with Crippen LogP contribution >= 0.6 is 0 Å².